The number of methoxy groups -OCH3 is 1. The van der Waals surface area contributed by atoms with Crippen molar-refractivity contribution >= 4 is 34.6 Å². The third-order valence-electron chi connectivity index (χ3n) is 7.52. The molecule has 11 nitrogen and oxygen atoms in total. The van der Waals surface area contributed by atoms with Crippen LogP contribution in [-0.4, -0.2) is 81.9 Å². The van der Waals surface area contributed by atoms with Gasteiger partial charge in [-0.3, -0.25) is 24.5 Å². The minimum Gasteiger partial charge on any atom is -0.496 e. The predicted molar refractivity (Wildman–Crippen MR) is 158 cm³/mol. The molecule has 216 valence electrons. The average Bonchev–Trinajstić information content (AvgIpc) is 3.69. The lowest BCUT2D eigenvalue weighted by Crippen LogP contribution is -2.43. The fourth-order valence-electron chi connectivity index (χ4n) is 5.41. The second-order valence-electron chi connectivity index (χ2n) is 10.3. The second-order valence-corrected chi connectivity index (χ2v) is 10.3. The largest absolute Gasteiger partial charge is 0.496 e. The Kier molecular flexibility index (Phi) is 7.92. The first-order valence-corrected chi connectivity index (χ1v) is 13.6. The van der Waals surface area contributed by atoms with Gasteiger partial charge in [-0.2, -0.15) is 5.10 Å². The molecule has 42 heavy (non-hydrogen) atoms. The first kappa shape index (κ1) is 28.3. The van der Waals surface area contributed by atoms with Crippen LogP contribution in [0.2, 0.25) is 0 Å². The summed E-state index contributed by atoms with van der Waals surface area (Å²) < 4.78 is 5.51. The van der Waals surface area contributed by atoms with Crippen LogP contribution in [0.4, 0.5) is 0 Å². The number of carbonyl (C=O) groups excluding carboxylic acids is 3. The van der Waals surface area contributed by atoms with Gasteiger partial charge in [0.05, 0.1) is 34.6 Å². The average molecular weight is 568 g/mol. The standard InChI is InChI=1S/C31H33N7O4/c1-5-25(42-4)26-21(16-34-28(26)27(32)23-15-24(36-35-23)30(40)37(2)3)29(39)31(41)38-14-12-19-18(17-38)9-8-10-20(19)22-11-6-7-13-33-22/h5-7,10-11,13,15-16,34H,1,8-9,12,14,17,32H2,2-4H3,(H,35,36)/b26-25+,28-27+. The van der Waals surface area contributed by atoms with E-state index in [9.17, 15) is 14.4 Å². The number of aromatic amines is 2. The van der Waals surface area contributed by atoms with E-state index in [1.165, 1.54) is 35.9 Å². The molecule has 0 bridgehead atoms. The summed E-state index contributed by atoms with van der Waals surface area (Å²) in [6.45, 7) is 4.59. The molecular formula is C31H33N7O4. The van der Waals surface area contributed by atoms with Crippen LogP contribution in [0.15, 0.2) is 66.5 Å². The van der Waals surface area contributed by atoms with Gasteiger partial charge in [0.2, 0.25) is 0 Å². The summed E-state index contributed by atoms with van der Waals surface area (Å²) in [5.41, 5.74) is 11.7. The van der Waals surface area contributed by atoms with Crippen molar-refractivity contribution in [1.29, 1.82) is 0 Å². The van der Waals surface area contributed by atoms with Gasteiger partial charge < -0.3 is 25.3 Å². The molecule has 5 rings (SSSR count). The summed E-state index contributed by atoms with van der Waals surface area (Å²) in [4.78, 5) is 50.2. The number of allylic oxidation sites excluding steroid dienone is 2. The number of nitrogens with one attached hydrogen (secondary N) is 2. The van der Waals surface area contributed by atoms with E-state index >= 15 is 0 Å². The zero-order chi connectivity index (χ0) is 30.0. The molecule has 0 saturated carbocycles. The third-order valence-corrected chi connectivity index (χ3v) is 7.52. The number of hydrogen-bond donors (Lipinski definition) is 3. The lowest BCUT2D eigenvalue weighted by Gasteiger charge is -2.33. The fourth-order valence-corrected chi connectivity index (χ4v) is 5.41. The van der Waals surface area contributed by atoms with Gasteiger partial charge in [-0.05, 0) is 60.3 Å². The van der Waals surface area contributed by atoms with E-state index in [1.54, 1.807) is 25.2 Å². The molecule has 0 atom stereocenters. The summed E-state index contributed by atoms with van der Waals surface area (Å²) in [6.07, 6.45) is 9.18. The molecule has 0 unspecified atom stereocenters. The molecule has 4 N–H and O–H groups in total. The molecule has 0 fully saturated rings. The van der Waals surface area contributed by atoms with Crippen LogP contribution in [0.3, 0.4) is 0 Å². The highest BCUT2D eigenvalue weighted by atomic mass is 16.5. The number of nitrogens with two attached hydrogens (primary N) is 1. The Morgan fingerprint density at radius 1 is 1.21 bits per heavy atom. The molecule has 3 aromatic rings. The van der Waals surface area contributed by atoms with Crippen molar-refractivity contribution < 1.29 is 19.1 Å². The lowest BCUT2D eigenvalue weighted by atomic mass is 9.84. The molecule has 2 amide bonds. The van der Waals surface area contributed by atoms with Crippen molar-refractivity contribution in [3.8, 4) is 0 Å². The Morgan fingerprint density at radius 2 is 2.02 bits per heavy atom. The van der Waals surface area contributed by atoms with E-state index in [0.717, 1.165) is 29.7 Å². The van der Waals surface area contributed by atoms with E-state index in [0.29, 0.717) is 30.1 Å². The number of carbonyl (C=O) groups is 3. The quantitative estimate of drug-likeness (QED) is 0.289. The molecule has 1 aliphatic heterocycles. The molecular weight excluding hydrogens is 534 g/mol. The zero-order valence-electron chi connectivity index (χ0n) is 23.9. The van der Waals surface area contributed by atoms with Crippen LogP contribution in [0.1, 0.15) is 51.5 Å². The number of hydrogen-bond acceptors (Lipinski definition) is 7. The molecule has 11 heteroatoms. The van der Waals surface area contributed by atoms with Crippen molar-refractivity contribution in [2.24, 2.45) is 5.73 Å². The Labute approximate surface area is 242 Å². The Bertz CT molecular complexity index is 1760. The first-order chi connectivity index (χ1) is 20.2. The summed E-state index contributed by atoms with van der Waals surface area (Å²) in [7, 11) is 4.70. The molecule has 4 heterocycles. The van der Waals surface area contributed by atoms with Gasteiger partial charge in [0.25, 0.3) is 17.6 Å². The van der Waals surface area contributed by atoms with Gasteiger partial charge in [-0.1, -0.05) is 18.7 Å². The Hall–Kier alpha value is -5.19. The number of ether oxygens (including phenoxy) is 1. The normalized spacial score (nSPS) is 16.3. The summed E-state index contributed by atoms with van der Waals surface area (Å²) in [5, 5.41) is 7.47. The SMILES string of the molecule is C=C/C(OC)=c1/c(C(=O)C(=O)N2CCC3=C(CCC=C3c3ccccn3)C2)c[nH]/c1=C(/N)c1cc(C(=O)N(C)C)[nH]n1. The van der Waals surface area contributed by atoms with E-state index in [2.05, 4.69) is 32.8 Å². The smallest absolute Gasteiger partial charge is 0.295 e. The zero-order valence-corrected chi connectivity index (χ0v) is 23.9. The number of nitrogens with zero attached hydrogens (tertiary/aromatic N) is 4. The molecule has 0 spiro atoms. The Balaban J connectivity index is 1.48. The number of ketones is 1. The lowest BCUT2D eigenvalue weighted by molar-refractivity contribution is -0.126. The van der Waals surface area contributed by atoms with Crippen molar-refractivity contribution in [3.05, 3.63) is 99.7 Å². The maximum absolute atomic E-state index is 13.7. The maximum Gasteiger partial charge on any atom is 0.295 e. The second kappa shape index (κ2) is 11.7. The highest BCUT2D eigenvalue weighted by molar-refractivity contribution is 6.42. The third kappa shape index (κ3) is 5.16. The van der Waals surface area contributed by atoms with Gasteiger partial charge >= 0.3 is 0 Å². The topological polar surface area (TPSA) is 150 Å². The summed E-state index contributed by atoms with van der Waals surface area (Å²) in [5.74, 6) is -1.32. The van der Waals surface area contributed by atoms with Gasteiger partial charge in [-0.15, -0.1) is 0 Å². The van der Waals surface area contributed by atoms with Crippen molar-refractivity contribution in [2.45, 2.75) is 19.3 Å². The number of amides is 2. The summed E-state index contributed by atoms with van der Waals surface area (Å²) in [6, 6.07) is 7.36. The van der Waals surface area contributed by atoms with Crippen LogP contribution < -0.4 is 16.3 Å². The minimum atomic E-state index is -0.692. The van der Waals surface area contributed by atoms with Crippen LogP contribution in [0.5, 0.6) is 0 Å². The van der Waals surface area contributed by atoms with Crippen LogP contribution >= 0.6 is 0 Å². The van der Waals surface area contributed by atoms with Gasteiger partial charge in [0, 0.05) is 39.6 Å². The highest BCUT2D eigenvalue weighted by Crippen LogP contribution is 2.36. The monoisotopic (exact) mass is 567 g/mol. The summed E-state index contributed by atoms with van der Waals surface area (Å²) >= 11 is 0. The van der Waals surface area contributed by atoms with Crippen molar-refractivity contribution in [1.82, 2.24) is 30.0 Å². The van der Waals surface area contributed by atoms with E-state index in [1.807, 2.05) is 18.2 Å². The highest BCUT2D eigenvalue weighted by Gasteiger charge is 2.31. The molecule has 0 radical (unpaired) electrons. The predicted octanol–water partition coefficient (Wildman–Crippen LogP) is 1.48. The van der Waals surface area contributed by atoms with Crippen LogP contribution in [0, 0.1) is 0 Å². The van der Waals surface area contributed by atoms with Gasteiger partial charge in [0.1, 0.15) is 17.1 Å². The molecule has 0 aromatic carbocycles. The first-order valence-electron chi connectivity index (χ1n) is 13.6. The van der Waals surface area contributed by atoms with Gasteiger partial charge in [-0.25, -0.2) is 0 Å². The maximum atomic E-state index is 13.7. The van der Waals surface area contributed by atoms with E-state index in [-0.39, 0.29) is 34.3 Å². The molecule has 1 aliphatic carbocycles. The fraction of sp³-hybridized carbons (Fsp3) is 0.258. The number of Topliss-reactive ketones (excluding diaryl/α,β-unsaturated/α-hetero) is 1. The van der Waals surface area contributed by atoms with Crippen LogP contribution in [0.25, 0.3) is 17.0 Å². The van der Waals surface area contributed by atoms with Crippen LogP contribution in [-0.2, 0) is 9.53 Å². The van der Waals surface area contributed by atoms with E-state index in [4.69, 9.17) is 10.5 Å². The molecule has 3 aromatic heterocycles. The number of H-pyrrole nitrogens is 2. The van der Waals surface area contributed by atoms with Gasteiger partial charge in [0.15, 0.2) is 0 Å². The van der Waals surface area contributed by atoms with E-state index < -0.39 is 11.7 Å². The molecule has 2 aliphatic rings. The van der Waals surface area contributed by atoms with Crippen molar-refractivity contribution in [3.63, 3.8) is 0 Å². The minimum absolute atomic E-state index is 0.104. The number of aromatic nitrogens is 4. The number of rotatable bonds is 7. The number of pyridine rings is 1. The van der Waals surface area contributed by atoms with Crippen molar-refractivity contribution in [2.75, 3.05) is 34.3 Å². The molecule has 0 saturated heterocycles. The Morgan fingerprint density at radius 3 is 2.71 bits per heavy atom.